The van der Waals surface area contributed by atoms with E-state index in [-0.39, 0.29) is 16.4 Å². The second kappa shape index (κ2) is 6.51. The molecular formula is C14H11ClN2O3S. The summed E-state index contributed by atoms with van der Waals surface area (Å²) in [5.74, 6) is -0.0434. The number of anilines is 1. The minimum Gasteiger partial charge on any atom is -0.464 e. The van der Waals surface area contributed by atoms with Gasteiger partial charge in [0.05, 0.1) is 23.5 Å². The molecule has 0 amide bonds. The zero-order valence-electron chi connectivity index (χ0n) is 11.0. The van der Waals surface area contributed by atoms with E-state index in [9.17, 15) is 4.79 Å². The summed E-state index contributed by atoms with van der Waals surface area (Å²) in [6, 6.07) is 8.57. The lowest BCUT2D eigenvalue weighted by molar-refractivity contribution is 0.0594. The Labute approximate surface area is 131 Å². The average molecular weight is 323 g/mol. The zero-order chi connectivity index (χ0) is 15.4. The van der Waals surface area contributed by atoms with Crippen LogP contribution in [0, 0.1) is 0 Å². The maximum absolute atomic E-state index is 11.6. The summed E-state index contributed by atoms with van der Waals surface area (Å²) >= 11 is 10.6. The summed E-state index contributed by atoms with van der Waals surface area (Å²) in [5.41, 5.74) is 8.46. The first-order chi connectivity index (χ1) is 10.1. The van der Waals surface area contributed by atoms with Gasteiger partial charge < -0.3 is 15.2 Å². The number of benzene rings is 1. The number of nitrogens with two attached hydrogens (primary N) is 1. The molecule has 0 saturated carbocycles. The van der Waals surface area contributed by atoms with Crippen molar-refractivity contribution in [1.29, 1.82) is 0 Å². The van der Waals surface area contributed by atoms with Gasteiger partial charge >= 0.3 is 5.97 Å². The normalized spacial score (nSPS) is 10.0. The molecule has 21 heavy (non-hydrogen) atoms. The molecule has 1 aromatic carbocycles. The molecule has 1 aromatic heterocycles. The van der Waals surface area contributed by atoms with Gasteiger partial charge in [-0.3, -0.25) is 0 Å². The predicted octanol–water partition coefficient (Wildman–Crippen LogP) is 3.11. The Kier molecular flexibility index (Phi) is 4.72. The van der Waals surface area contributed by atoms with Gasteiger partial charge in [-0.1, -0.05) is 11.6 Å². The van der Waals surface area contributed by atoms with Crippen LogP contribution < -0.4 is 10.5 Å². The Morgan fingerprint density at radius 1 is 1.38 bits per heavy atom. The third-order valence-corrected chi connectivity index (χ3v) is 3.19. The number of rotatable bonds is 4. The summed E-state index contributed by atoms with van der Waals surface area (Å²) < 4.78 is 9.71. The van der Waals surface area contributed by atoms with Crippen molar-refractivity contribution in [2.75, 3.05) is 12.8 Å². The fourth-order valence-electron chi connectivity index (χ4n) is 1.69. The number of aromatic nitrogens is 1. The Morgan fingerprint density at radius 2 is 2.05 bits per heavy atom. The van der Waals surface area contributed by atoms with E-state index in [2.05, 4.69) is 21.9 Å². The number of ether oxygens (including phenoxy) is 2. The van der Waals surface area contributed by atoms with Gasteiger partial charge in [-0.05, 0) is 42.5 Å². The molecule has 0 aliphatic carbocycles. The van der Waals surface area contributed by atoms with Crippen molar-refractivity contribution in [3.8, 4) is 17.0 Å². The van der Waals surface area contributed by atoms with Crippen LogP contribution in [0.5, 0.6) is 5.75 Å². The highest BCUT2D eigenvalue weighted by molar-refractivity contribution is 7.78. The number of nitrogen functional groups attached to an aromatic ring is 1. The van der Waals surface area contributed by atoms with E-state index in [4.69, 9.17) is 22.1 Å². The van der Waals surface area contributed by atoms with Crippen LogP contribution in [-0.4, -0.2) is 23.6 Å². The van der Waals surface area contributed by atoms with Crippen molar-refractivity contribution in [1.82, 2.24) is 4.98 Å². The number of halogens is 1. The molecule has 0 radical (unpaired) electrons. The number of hydrogen-bond acceptors (Lipinski definition) is 6. The summed E-state index contributed by atoms with van der Waals surface area (Å²) in [7, 11) is 1.25. The number of hydrogen-bond donors (Lipinski definition) is 1. The number of nitrogens with zero attached hydrogens (tertiary/aromatic N) is 1. The molecule has 0 spiro atoms. The van der Waals surface area contributed by atoms with Crippen molar-refractivity contribution in [3.63, 3.8) is 0 Å². The van der Waals surface area contributed by atoms with E-state index in [1.165, 1.54) is 12.7 Å². The molecule has 0 saturated heterocycles. The third kappa shape index (κ3) is 3.29. The molecule has 108 valence electrons. The molecular weight excluding hydrogens is 312 g/mol. The van der Waals surface area contributed by atoms with Gasteiger partial charge in [0, 0.05) is 5.56 Å². The first-order valence-corrected chi connectivity index (χ1v) is 6.66. The topological polar surface area (TPSA) is 74.4 Å². The fraction of sp³-hybridized carbons (Fsp3) is 0.0714. The monoisotopic (exact) mass is 322 g/mol. The lowest BCUT2D eigenvalue weighted by Gasteiger charge is -2.09. The van der Waals surface area contributed by atoms with Crippen LogP contribution in [0.3, 0.4) is 0 Å². The highest BCUT2D eigenvalue weighted by Gasteiger charge is 2.17. The average Bonchev–Trinajstić information content (AvgIpc) is 2.50. The molecule has 7 heteroatoms. The highest BCUT2D eigenvalue weighted by atomic mass is 35.5. The number of thiocarbonyl (C=S) groups is 1. The third-order valence-electron chi connectivity index (χ3n) is 2.70. The van der Waals surface area contributed by atoms with Gasteiger partial charge in [0.15, 0.2) is 11.2 Å². The second-order valence-corrected chi connectivity index (χ2v) is 4.56. The molecule has 0 bridgehead atoms. The predicted molar refractivity (Wildman–Crippen MR) is 84.7 cm³/mol. The maximum atomic E-state index is 11.6. The van der Waals surface area contributed by atoms with Crippen molar-refractivity contribution < 1.29 is 14.3 Å². The van der Waals surface area contributed by atoms with Crippen LogP contribution >= 0.6 is 23.8 Å². The van der Waals surface area contributed by atoms with Crippen molar-refractivity contribution >= 4 is 41.0 Å². The molecule has 0 aliphatic rings. The Bertz CT molecular complexity index is 689. The zero-order valence-corrected chi connectivity index (χ0v) is 12.6. The lowest BCUT2D eigenvalue weighted by Crippen LogP contribution is -2.08. The minimum absolute atomic E-state index is 0.0200. The molecule has 1 heterocycles. The fourth-order valence-corrected chi connectivity index (χ4v) is 1.97. The summed E-state index contributed by atoms with van der Waals surface area (Å²) in [6.45, 7) is 0. The smallest absolute Gasteiger partial charge is 0.358 e. The first kappa shape index (κ1) is 15.2. The number of carbonyl (C=O) groups excluding carboxylic acids is 1. The van der Waals surface area contributed by atoms with E-state index >= 15 is 0 Å². The molecule has 5 nitrogen and oxygen atoms in total. The molecule has 0 aliphatic heterocycles. The van der Waals surface area contributed by atoms with Crippen LogP contribution in [0.25, 0.3) is 11.3 Å². The number of carbonyl (C=O) groups is 1. The minimum atomic E-state index is -0.644. The van der Waals surface area contributed by atoms with Crippen molar-refractivity contribution in [3.05, 3.63) is 41.0 Å². The van der Waals surface area contributed by atoms with Gasteiger partial charge in [0.1, 0.15) is 5.75 Å². The Balaban J connectivity index is 2.46. The van der Waals surface area contributed by atoms with Crippen LogP contribution in [0.2, 0.25) is 5.02 Å². The summed E-state index contributed by atoms with van der Waals surface area (Å²) in [6.07, 6.45) is 0. The van der Waals surface area contributed by atoms with E-state index in [1.54, 1.807) is 30.3 Å². The largest absolute Gasteiger partial charge is 0.464 e. The molecule has 0 atom stereocenters. The molecule has 0 unspecified atom stereocenters. The van der Waals surface area contributed by atoms with E-state index < -0.39 is 5.97 Å². The molecule has 0 fully saturated rings. The van der Waals surface area contributed by atoms with Crippen LogP contribution in [0.4, 0.5) is 5.69 Å². The van der Waals surface area contributed by atoms with Crippen molar-refractivity contribution in [2.24, 2.45) is 0 Å². The lowest BCUT2D eigenvalue weighted by atomic mass is 10.1. The van der Waals surface area contributed by atoms with E-state index in [0.717, 1.165) is 5.56 Å². The van der Waals surface area contributed by atoms with Crippen molar-refractivity contribution in [2.45, 2.75) is 0 Å². The molecule has 2 N–H and O–H groups in total. The van der Waals surface area contributed by atoms with E-state index in [0.29, 0.717) is 11.4 Å². The molecule has 2 rings (SSSR count). The Morgan fingerprint density at radius 3 is 2.62 bits per heavy atom. The van der Waals surface area contributed by atoms with E-state index in [1.807, 2.05) is 0 Å². The Hall–Kier alpha value is -2.18. The van der Waals surface area contributed by atoms with Gasteiger partial charge in [0.2, 0.25) is 0 Å². The van der Waals surface area contributed by atoms with Crippen LogP contribution in [-0.2, 0) is 4.74 Å². The quantitative estimate of drug-likeness (QED) is 0.688. The van der Waals surface area contributed by atoms with Crippen LogP contribution in [0.1, 0.15) is 10.5 Å². The second-order valence-electron chi connectivity index (χ2n) is 3.99. The number of esters is 1. The summed E-state index contributed by atoms with van der Waals surface area (Å²) in [5, 5.41) is 0.0752. The number of methoxy groups -OCH3 is 1. The first-order valence-electron chi connectivity index (χ1n) is 5.82. The van der Waals surface area contributed by atoms with Gasteiger partial charge in [-0.2, -0.15) is 0 Å². The van der Waals surface area contributed by atoms with Crippen LogP contribution in [0.15, 0.2) is 30.3 Å². The SMILES string of the molecule is COC(=O)c1nc(-c2ccc(OC=S)cc2)cc(N)c1Cl. The standard InChI is InChI=1S/C14H11ClN2O3S/c1-19-14(18)13-12(15)10(16)6-11(17-13)8-2-4-9(5-3-8)20-7-21/h2-7H,1H3,(H2,16,17). The summed E-state index contributed by atoms with van der Waals surface area (Å²) in [4.78, 5) is 15.8. The number of pyridine rings is 1. The van der Waals surface area contributed by atoms with Gasteiger partial charge in [-0.25, -0.2) is 9.78 Å². The molecule has 2 aromatic rings. The van der Waals surface area contributed by atoms with Gasteiger partial charge in [0.25, 0.3) is 0 Å². The maximum Gasteiger partial charge on any atom is 0.358 e. The highest BCUT2D eigenvalue weighted by Crippen LogP contribution is 2.29. The van der Waals surface area contributed by atoms with Gasteiger partial charge in [-0.15, -0.1) is 0 Å².